The number of amides is 3. The number of aromatic nitrogens is 2. The van der Waals surface area contributed by atoms with E-state index in [-0.39, 0.29) is 17.4 Å². The molecule has 0 bridgehead atoms. The second-order valence-electron chi connectivity index (χ2n) is 5.90. The molecule has 1 aliphatic heterocycles. The molecule has 0 spiro atoms. The van der Waals surface area contributed by atoms with Crippen molar-refractivity contribution >= 4 is 23.4 Å². The van der Waals surface area contributed by atoms with Gasteiger partial charge in [0, 0.05) is 36.4 Å². The van der Waals surface area contributed by atoms with E-state index < -0.39 is 5.91 Å². The summed E-state index contributed by atoms with van der Waals surface area (Å²) in [4.78, 5) is 41.5. The zero-order chi connectivity index (χ0) is 18.3. The third-order valence-electron chi connectivity index (χ3n) is 4.28. The number of rotatable bonds is 3. The Morgan fingerprint density at radius 1 is 1.00 bits per heavy atom. The standard InChI is InChI=1S/C19H14N4O3/c1-22-18(25)15-7-2-12(10-16(15)19(22)26)17(24)21-13-3-5-14(6-4-13)23-9-8-20-11-23/h2-11H,1H3,(H,21,24). The summed E-state index contributed by atoms with van der Waals surface area (Å²) in [5.74, 6) is -1.10. The van der Waals surface area contributed by atoms with Crippen molar-refractivity contribution in [1.82, 2.24) is 14.5 Å². The monoisotopic (exact) mass is 346 g/mol. The third-order valence-corrected chi connectivity index (χ3v) is 4.28. The molecule has 1 aromatic heterocycles. The fourth-order valence-electron chi connectivity index (χ4n) is 2.83. The Kier molecular flexibility index (Phi) is 3.62. The van der Waals surface area contributed by atoms with Gasteiger partial charge in [-0.3, -0.25) is 19.3 Å². The smallest absolute Gasteiger partial charge is 0.261 e. The SMILES string of the molecule is CN1C(=O)c2ccc(C(=O)Nc3ccc(-n4ccnc4)cc3)cc2C1=O. The zero-order valence-corrected chi connectivity index (χ0v) is 13.8. The average Bonchev–Trinajstić information content (AvgIpc) is 3.27. The fourth-order valence-corrected chi connectivity index (χ4v) is 2.83. The van der Waals surface area contributed by atoms with Crippen LogP contribution in [0.4, 0.5) is 5.69 Å². The quantitative estimate of drug-likeness (QED) is 0.738. The van der Waals surface area contributed by atoms with Crippen molar-refractivity contribution in [2.45, 2.75) is 0 Å². The highest BCUT2D eigenvalue weighted by Crippen LogP contribution is 2.23. The first kappa shape index (κ1) is 15.8. The number of nitrogens with one attached hydrogen (secondary N) is 1. The molecule has 4 rings (SSSR count). The number of fused-ring (bicyclic) bond motifs is 1. The molecule has 1 N–H and O–H groups in total. The summed E-state index contributed by atoms with van der Waals surface area (Å²) in [6, 6.07) is 11.8. The number of hydrogen-bond acceptors (Lipinski definition) is 4. The van der Waals surface area contributed by atoms with Gasteiger partial charge in [-0.2, -0.15) is 0 Å². The van der Waals surface area contributed by atoms with E-state index in [9.17, 15) is 14.4 Å². The van der Waals surface area contributed by atoms with Gasteiger partial charge in [-0.25, -0.2) is 4.98 Å². The van der Waals surface area contributed by atoms with Crippen LogP contribution in [0.3, 0.4) is 0 Å². The summed E-state index contributed by atoms with van der Waals surface area (Å²) >= 11 is 0. The van der Waals surface area contributed by atoms with E-state index in [0.717, 1.165) is 10.6 Å². The number of anilines is 1. The molecule has 0 saturated carbocycles. The molecule has 0 fully saturated rings. The molecule has 0 radical (unpaired) electrons. The molecule has 7 nitrogen and oxygen atoms in total. The summed E-state index contributed by atoms with van der Waals surface area (Å²) in [6.45, 7) is 0. The topological polar surface area (TPSA) is 84.3 Å². The molecule has 0 aliphatic carbocycles. The van der Waals surface area contributed by atoms with Crippen LogP contribution in [0.2, 0.25) is 0 Å². The molecule has 7 heteroatoms. The van der Waals surface area contributed by atoms with Gasteiger partial charge in [0.1, 0.15) is 0 Å². The minimum absolute atomic E-state index is 0.251. The number of imide groups is 1. The van der Waals surface area contributed by atoms with Gasteiger partial charge in [0.15, 0.2) is 0 Å². The van der Waals surface area contributed by atoms with Crippen molar-refractivity contribution < 1.29 is 14.4 Å². The number of nitrogens with zero attached hydrogens (tertiary/aromatic N) is 3. The van der Waals surface area contributed by atoms with E-state index in [4.69, 9.17) is 0 Å². The summed E-state index contributed by atoms with van der Waals surface area (Å²) in [7, 11) is 1.42. The number of carbonyl (C=O) groups is 3. The van der Waals surface area contributed by atoms with Crippen LogP contribution in [0, 0.1) is 0 Å². The Balaban J connectivity index is 1.54. The van der Waals surface area contributed by atoms with Gasteiger partial charge in [-0.15, -0.1) is 0 Å². The lowest BCUT2D eigenvalue weighted by atomic mass is 10.1. The summed E-state index contributed by atoms with van der Waals surface area (Å²) in [5, 5.41) is 2.79. The Labute approximate surface area is 148 Å². The lowest BCUT2D eigenvalue weighted by Crippen LogP contribution is -2.24. The Bertz CT molecular complexity index is 1020. The maximum atomic E-state index is 12.5. The molecule has 3 aromatic rings. The number of hydrogen-bond donors (Lipinski definition) is 1. The van der Waals surface area contributed by atoms with E-state index in [2.05, 4.69) is 10.3 Å². The van der Waals surface area contributed by atoms with Crippen molar-refractivity contribution in [3.63, 3.8) is 0 Å². The highest BCUT2D eigenvalue weighted by molar-refractivity contribution is 6.22. The summed E-state index contributed by atoms with van der Waals surface area (Å²) in [6.07, 6.45) is 5.20. The van der Waals surface area contributed by atoms with E-state index in [1.54, 1.807) is 30.7 Å². The van der Waals surface area contributed by atoms with Crippen LogP contribution >= 0.6 is 0 Å². The van der Waals surface area contributed by atoms with Crippen molar-refractivity contribution in [1.29, 1.82) is 0 Å². The first-order chi connectivity index (χ1) is 12.5. The van der Waals surface area contributed by atoms with Crippen molar-refractivity contribution in [3.05, 3.63) is 77.9 Å². The van der Waals surface area contributed by atoms with Crippen LogP contribution in [0.5, 0.6) is 0 Å². The minimum Gasteiger partial charge on any atom is -0.322 e. The second kappa shape index (κ2) is 5.96. The first-order valence-corrected chi connectivity index (χ1v) is 7.91. The van der Waals surface area contributed by atoms with Crippen LogP contribution in [-0.2, 0) is 0 Å². The van der Waals surface area contributed by atoms with Crippen LogP contribution in [-0.4, -0.2) is 39.2 Å². The minimum atomic E-state index is -0.399. The number of benzene rings is 2. The predicted molar refractivity (Wildman–Crippen MR) is 94.4 cm³/mol. The van der Waals surface area contributed by atoms with Gasteiger partial charge in [-0.05, 0) is 42.5 Å². The van der Waals surface area contributed by atoms with Crippen LogP contribution < -0.4 is 5.32 Å². The third kappa shape index (κ3) is 2.55. The van der Waals surface area contributed by atoms with E-state index in [0.29, 0.717) is 16.8 Å². The van der Waals surface area contributed by atoms with Crippen molar-refractivity contribution in [3.8, 4) is 5.69 Å². The summed E-state index contributed by atoms with van der Waals surface area (Å²) in [5.41, 5.74) is 2.43. The molecule has 26 heavy (non-hydrogen) atoms. The zero-order valence-electron chi connectivity index (χ0n) is 13.8. The molecule has 2 heterocycles. The van der Waals surface area contributed by atoms with Gasteiger partial charge in [0.25, 0.3) is 17.7 Å². The van der Waals surface area contributed by atoms with Gasteiger partial charge >= 0.3 is 0 Å². The van der Waals surface area contributed by atoms with E-state index in [1.165, 1.54) is 19.2 Å². The van der Waals surface area contributed by atoms with Gasteiger partial charge in [0.2, 0.25) is 0 Å². The fraction of sp³-hybridized carbons (Fsp3) is 0.0526. The molecular weight excluding hydrogens is 332 g/mol. The molecule has 2 aromatic carbocycles. The normalized spacial score (nSPS) is 13.0. The Hall–Kier alpha value is -3.74. The van der Waals surface area contributed by atoms with E-state index >= 15 is 0 Å². The Morgan fingerprint density at radius 3 is 2.42 bits per heavy atom. The molecule has 0 saturated heterocycles. The van der Waals surface area contributed by atoms with E-state index in [1.807, 2.05) is 22.9 Å². The molecular formula is C19H14N4O3. The Morgan fingerprint density at radius 2 is 1.73 bits per heavy atom. The average molecular weight is 346 g/mol. The molecule has 1 aliphatic rings. The molecule has 0 atom stereocenters. The lowest BCUT2D eigenvalue weighted by Gasteiger charge is -2.08. The van der Waals surface area contributed by atoms with Crippen molar-refractivity contribution in [2.24, 2.45) is 0 Å². The maximum absolute atomic E-state index is 12.5. The van der Waals surface area contributed by atoms with Crippen LogP contribution in [0.25, 0.3) is 5.69 Å². The van der Waals surface area contributed by atoms with Gasteiger partial charge < -0.3 is 9.88 Å². The van der Waals surface area contributed by atoms with Crippen molar-refractivity contribution in [2.75, 3.05) is 12.4 Å². The number of carbonyl (C=O) groups excluding carboxylic acids is 3. The molecule has 0 unspecified atom stereocenters. The molecule has 128 valence electrons. The largest absolute Gasteiger partial charge is 0.322 e. The lowest BCUT2D eigenvalue weighted by molar-refractivity contribution is 0.0693. The van der Waals surface area contributed by atoms with Gasteiger partial charge in [-0.1, -0.05) is 0 Å². The number of imidazole rings is 1. The predicted octanol–water partition coefficient (Wildman–Crippen LogP) is 2.35. The van der Waals surface area contributed by atoms with Gasteiger partial charge in [0.05, 0.1) is 17.5 Å². The highest BCUT2D eigenvalue weighted by Gasteiger charge is 2.33. The first-order valence-electron chi connectivity index (χ1n) is 7.91. The van der Waals surface area contributed by atoms with Crippen LogP contribution in [0.15, 0.2) is 61.2 Å². The summed E-state index contributed by atoms with van der Waals surface area (Å²) < 4.78 is 1.85. The van der Waals surface area contributed by atoms with Crippen LogP contribution in [0.1, 0.15) is 31.1 Å². The highest BCUT2D eigenvalue weighted by atomic mass is 16.2. The molecule has 3 amide bonds. The second-order valence-corrected chi connectivity index (χ2v) is 5.90. The maximum Gasteiger partial charge on any atom is 0.261 e.